The van der Waals surface area contributed by atoms with E-state index in [4.69, 9.17) is 5.73 Å². The monoisotopic (exact) mass is 247 g/mol. The second-order valence-corrected chi connectivity index (χ2v) is 3.63. The SMILES string of the molecule is CC.CCN(C)C(=Nc1ccccc1)/C(C)=C\N. The van der Waals surface area contributed by atoms with Gasteiger partial charge in [0.05, 0.1) is 5.69 Å². The van der Waals surface area contributed by atoms with Crippen molar-refractivity contribution in [1.82, 2.24) is 4.90 Å². The topological polar surface area (TPSA) is 41.6 Å². The number of likely N-dealkylation sites (N-methyl/N-ethyl adjacent to an activating group) is 1. The highest BCUT2D eigenvalue weighted by Gasteiger charge is 2.06. The van der Waals surface area contributed by atoms with Gasteiger partial charge in [-0.3, -0.25) is 0 Å². The summed E-state index contributed by atoms with van der Waals surface area (Å²) in [7, 11) is 2.01. The van der Waals surface area contributed by atoms with Gasteiger partial charge in [0.2, 0.25) is 0 Å². The Morgan fingerprint density at radius 2 is 1.83 bits per heavy atom. The number of rotatable bonds is 3. The molecule has 3 heteroatoms. The first kappa shape index (κ1) is 16.2. The molecule has 0 saturated heterocycles. The summed E-state index contributed by atoms with van der Waals surface area (Å²) in [5.41, 5.74) is 7.47. The molecule has 100 valence electrons. The van der Waals surface area contributed by atoms with Crippen molar-refractivity contribution < 1.29 is 0 Å². The van der Waals surface area contributed by atoms with Crippen LogP contribution in [0.1, 0.15) is 27.7 Å². The van der Waals surface area contributed by atoms with E-state index in [2.05, 4.69) is 16.8 Å². The van der Waals surface area contributed by atoms with Crippen molar-refractivity contribution in [3.05, 3.63) is 42.1 Å². The molecular weight excluding hydrogens is 222 g/mol. The molecule has 0 aromatic heterocycles. The number of benzene rings is 1. The molecule has 0 unspecified atom stereocenters. The number of amidine groups is 1. The molecule has 1 rings (SSSR count). The van der Waals surface area contributed by atoms with E-state index in [-0.39, 0.29) is 0 Å². The van der Waals surface area contributed by atoms with Gasteiger partial charge in [-0.1, -0.05) is 32.0 Å². The maximum atomic E-state index is 5.55. The molecule has 0 aliphatic rings. The summed E-state index contributed by atoms with van der Waals surface area (Å²) in [5, 5.41) is 0. The zero-order valence-corrected chi connectivity index (χ0v) is 12.1. The molecule has 2 N–H and O–H groups in total. The summed E-state index contributed by atoms with van der Waals surface area (Å²) in [4.78, 5) is 6.67. The molecule has 0 heterocycles. The van der Waals surface area contributed by atoms with E-state index >= 15 is 0 Å². The van der Waals surface area contributed by atoms with E-state index in [1.165, 1.54) is 0 Å². The predicted octanol–water partition coefficient (Wildman–Crippen LogP) is 3.56. The van der Waals surface area contributed by atoms with Gasteiger partial charge in [0.1, 0.15) is 5.84 Å². The summed E-state index contributed by atoms with van der Waals surface area (Å²) >= 11 is 0. The first-order valence-corrected chi connectivity index (χ1v) is 6.42. The van der Waals surface area contributed by atoms with Crippen LogP contribution in [0.4, 0.5) is 5.69 Å². The highest BCUT2D eigenvalue weighted by Crippen LogP contribution is 2.13. The number of aliphatic imine (C=N–C) groups is 1. The molecule has 0 fully saturated rings. The smallest absolute Gasteiger partial charge is 0.133 e. The van der Waals surface area contributed by atoms with Crippen molar-refractivity contribution in [2.75, 3.05) is 13.6 Å². The molecule has 0 amide bonds. The fourth-order valence-corrected chi connectivity index (χ4v) is 1.32. The molecule has 0 aliphatic carbocycles. The van der Waals surface area contributed by atoms with E-state index < -0.39 is 0 Å². The lowest BCUT2D eigenvalue weighted by molar-refractivity contribution is 0.535. The second-order valence-electron chi connectivity index (χ2n) is 3.63. The fourth-order valence-electron chi connectivity index (χ4n) is 1.32. The fraction of sp³-hybridized carbons (Fsp3) is 0.400. The van der Waals surface area contributed by atoms with E-state index in [1.54, 1.807) is 6.20 Å². The lowest BCUT2D eigenvalue weighted by Gasteiger charge is -2.19. The molecular formula is C15H25N3. The molecule has 0 aliphatic heterocycles. The Hall–Kier alpha value is -1.77. The number of hydrogen-bond acceptors (Lipinski definition) is 2. The first-order valence-electron chi connectivity index (χ1n) is 6.42. The molecule has 3 nitrogen and oxygen atoms in total. The van der Waals surface area contributed by atoms with Crippen LogP contribution in [0, 0.1) is 0 Å². The minimum absolute atomic E-state index is 0.900. The maximum Gasteiger partial charge on any atom is 0.133 e. The third kappa shape index (κ3) is 5.04. The normalized spacial score (nSPS) is 11.6. The average Bonchev–Trinajstić information content (AvgIpc) is 2.46. The largest absolute Gasteiger partial charge is 0.404 e. The molecule has 1 aromatic rings. The van der Waals surface area contributed by atoms with Crippen molar-refractivity contribution in [3.63, 3.8) is 0 Å². The van der Waals surface area contributed by atoms with Crippen molar-refractivity contribution >= 4 is 11.5 Å². The van der Waals surface area contributed by atoms with Crippen LogP contribution in [0.25, 0.3) is 0 Å². The number of para-hydroxylation sites is 1. The van der Waals surface area contributed by atoms with Crippen LogP contribution < -0.4 is 5.73 Å². The van der Waals surface area contributed by atoms with Gasteiger partial charge in [0, 0.05) is 25.4 Å². The maximum absolute atomic E-state index is 5.55. The van der Waals surface area contributed by atoms with E-state index in [1.807, 2.05) is 58.2 Å². The number of nitrogens with two attached hydrogens (primary N) is 1. The van der Waals surface area contributed by atoms with Crippen LogP contribution in [0.5, 0.6) is 0 Å². The molecule has 0 saturated carbocycles. The summed E-state index contributed by atoms with van der Waals surface area (Å²) in [5.74, 6) is 0.913. The Labute approximate surface area is 111 Å². The van der Waals surface area contributed by atoms with Gasteiger partial charge in [0.15, 0.2) is 0 Å². The van der Waals surface area contributed by atoms with Crippen LogP contribution in [0.3, 0.4) is 0 Å². The number of nitrogens with zero attached hydrogens (tertiary/aromatic N) is 2. The van der Waals surface area contributed by atoms with Crippen molar-refractivity contribution in [2.24, 2.45) is 10.7 Å². The van der Waals surface area contributed by atoms with Crippen molar-refractivity contribution in [2.45, 2.75) is 27.7 Å². The van der Waals surface area contributed by atoms with Gasteiger partial charge in [-0.15, -0.1) is 0 Å². The summed E-state index contributed by atoms with van der Waals surface area (Å²) < 4.78 is 0. The zero-order chi connectivity index (χ0) is 14.0. The number of hydrogen-bond donors (Lipinski definition) is 1. The Morgan fingerprint density at radius 3 is 2.28 bits per heavy atom. The quantitative estimate of drug-likeness (QED) is 0.655. The molecule has 1 aromatic carbocycles. The van der Waals surface area contributed by atoms with Gasteiger partial charge in [-0.2, -0.15) is 0 Å². The standard InChI is InChI=1S/C13H19N3.C2H6/c1-4-16(3)13(11(2)10-14)15-12-8-6-5-7-9-12;1-2/h5-10H,4,14H2,1-3H3;1-2H3/b11-10-,15-13?;. The highest BCUT2D eigenvalue weighted by atomic mass is 15.2. The van der Waals surface area contributed by atoms with Crippen molar-refractivity contribution in [1.29, 1.82) is 0 Å². The molecule has 0 atom stereocenters. The van der Waals surface area contributed by atoms with Crippen LogP contribution in [-0.4, -0.2) is 24.3 Å². The third-order valence-electron chi connectivity index (χ3n) is 2.43. The van der Waals surface area contributed by atoms with Gasteiger partial charge < -0.3 is 10.6 Å². The van der Waals surface area contributed by atoms with Crippen molar-refractivity contribution in [3.8, 4) is 0 Å². The zero-order valence-electron chi connectivity index (χ0n) is 12.1. The Morgan fingerprint density at radius 1 is 1.28 bits per heavy atom. The van der Waals surface area contributed by atoms with Crippen LogP contribution in [0.2, 0.25) is 0 Å². The van der Waals surface area contributed by atoms with E-state index in [0.717, 1.165) is 23.6 Å². The molecule has 18 heavy (non-hydrogen) atoms. The lowest BCUT2D eigenvalue weighted by atomic mass is 10.2. The molecule has 0 spiro atoms. The molecule has 0 radical (unpaired) electrons. The predicted molar refractivity (Wildman–Crippen MR) is 81.1 cm³/mol. The van der Waals surface area contributed by atoms with Gasteiger partial charge in [0.25, 0.3) is 0 Å². The first-order chi connectivity index (χ1) is 8.69. The Balaban J connectivity index is 0.00000137. The van der Waals surface area contributed by atoms with Gasteiger partial charge in [-0.25, -0.2) is 4.99 Å². The van der Waals surface area contributed by atoms with Crippen LogP contribution >= 0.6 is 0 Å². The third-order valence-corrected chi connectivity index (χ3v) is 2.43. The minimum Gasteiger partial charge on any atom is -0.404 e. The van der Waals surface area contributed by atoms with Gasteiger partial charge >= 0.3 is 0 Å². The second kappa shape index (κ2) is 9.28. The molecule has 0 bridgehead atoms. The summed E-state index contributed by atoms with van der Waals surface area (Å²) in [6, 6.07) is 9.89. The van der Waals surface area contributed by atoms with Gasteiger partial charge in [-0.05, 0) is 26.0 Å². The summed E-state index contributed by atoms with van der Waals surface area (Å²) in [6.45, 7) is 8.95. The highest BCUT2D eigenvalue weighted by molar-refractivity contribution is 5.99. The average molecular weight is 247 g/mol. The Kier molecular flexibility index (Phi) is 8.37. The van der Waals surface area contributed by atoms with Crippen LogP contribution in [-0.2, 0) is 0 Å². The van der Waals surface area contributed by atoms with E-state index in [0.29, 0.717) is 0 Å². The lowest BCUT2D eigenvalue weighted by Crippen LogP contribution is -2.27. The Bertz CT molecular complexity index is 380. The van der Waals surface area contributed by atoms with Crippen LogP contribution in [0.15, 0.2) is 47.1 Å². The summed E-state index contributed by atoms with van der Waals surface area (Å²) in [6.07, 6.45) is 1.59. The van der Waals surface area contributed by atoms with E-state index in [9.17, 15) is 0 Å². The minimum atomic E-state index is 0.900.